The lowest BCUT2D eigenvalue weighted by Gasteiger charge is -2.00. The van der Waals surface area contributed by atoms with Crippen LogP contribution >= 0.6 is 23.2 Å². The molecule has 0 nitrogen and oxygen atoms in total. The van der Waals surface area contributed by atoms with Crippen molar-refractivity contribution in [2.45, 2.75) is 0 Å². The van der Waals surface area contributed by atoms with Gasteiger partial charge in [0.2, 0.25) is 0 Å². The Balaban J connectivity index is 2.31. The zero-order valence-corrected chi connectivity index (χ0v) is 10.3. The molecule has 0 saturated heterocycles. The average molecular weight is 267 g/mol. The Labute approximate surface area is 109 Å². The summed E-state index contributed by atoms with van der Waals surface area (Å²) in [6.07, 6.45) is 3.63. The fourth-order valence-electron chi connectivity index (χ4n) is 1.42. The second kappa shape index (κ2) is 5.35. The predicted molar refractivity (Wildman–Crippen MR) is 71.8 cm³/mol. The second-order valence-corrected chi connectivity index (χ2v) is 4.35. The summed E-state index contributed by atoms with van der Waals surface area (Å²) in [6.45, 7) is 0. The van der Waals surface area contributed by atoms with Crippen molar-refractivity contribution in [3.63, 3.8) is 0 Å². The quantitative estimate of drug-likeness (QED) is 0.511. The third-order valence-electron chi connectivity index (χ3n) is 2.29. The van der Waals surface area contributed by atoms with E-state index >= 15 is 0 Å². The van der Waals surface area contributed by atoms with Gasteiger partial charge in [0.25, 0.3) is 0 Å². The first-order valence-corrected chi connectivity index (χ1v) is 5.80. The summed E-state index contributed by atoms with van der Waals surface area (Å²) in [6, 6.07) is 12.4. The highest BCUT2D eigenvalue weighted by molar-refractivity contribution is 6.35. The van der Waals surface area contributed by atoms with Gasteiger partial charge in [-0.25, -0.2) is 4.39 Å². The van der Waals surface area contributed by atoms with Crippen LogP contribution in [0.1, 0.15) is 11.1 Å². The molecule has 2 aromatic carbocycles. The van der Waals surface area contributed by atoms with Crippen LogP contribution < -0.4 is 0 Å². The zero-order chi connectivity index (χ0) is 12.3. The minimum absolute atomic E-state index is 0.0341. The molecular weight excluding hydrogens is 258 g/mol. The van der Waals surface area contributed by atoms with Crippen molar-refractivity contribution in [1.29, 1.82) is 0 Å². The van der Waals surface area contributed by atoms with Gasteiger partial charge >= 0.3 is 0 Å². The van der Waals surface area contributed by atoms with Crippen molar-refractivity contribution in [2.75, 3.05) is 0 Å². The van der Waals surface area contributed by atoms with Crippen LogP contribution in [0.5, 0.6) is 0 Å². The number of hydrogen-bond acceptors (Lipinski definition) is 0. The van der Waals surface area contributed by atoms with Gasteiger partial charge in [0.15, 0.2) is 0 Å². The van der Waals surface area contributed by atoms with E-state index in [1.54, 1.807) is 6.08 Å². The minimum atomic E-state index is -0.469. The Hall–Kier alpha value is -1.31. The summed E-state index contributed by atoms with van der Waals surface area (Å²) in [4.78, 5) is 0. The summed E-state index contributed by atoms with van der Waals surface area (Å²) in [7, 11) is 0. The largest absolute Gasteiger partial charge is 0.205 e. The van der Waals surface area contributed by atoms with Crippen LogP contribution in [0.25, 0.3) is 12.2 Å². The van der Waals surface area contributed by atoms with Crippen LogP contribution in [0, 0.1) is 5.82 Å². The predicted octanol–water partition coefficient (Wildman–Crippen LogP) is 5.30. The molecule has 2 aromatic rings. The molecule has 0 aromatic heterocycles. The molecule has 0 bridgehead atoms. The van der Waals surface area contributed by atoms with Crippen molar-refractivity contribution in [2.24, 2.45) is 0 Å². The highest BCUT2D eigenvalue weighted by atomic mass is 35.5. The Bertz CT molecular complexity index is 548. The molecule has 86 valence electrons. The first kappa shape index (κ1) is 12.2. The average Bonchev–Trinajstić information content (AvgIpc) is 2.33. The fourth-order valence-corrected chi connectivity index (χ4v) is 1.86. The number of halogens is 3. The molecular formula is C14H9Cl2F. The molecule has 0 unspecified atom stereocenters. The Morgan fingerprint density at radius 2 is 1.59 bits per heavy atom. The molecule has 0 aliphatic carbocycles. The van der Waals surface area contributed by atoms with Crippen molar-refractivity contribution < 1.29 is 4.39 Å². The Morgan fingerprint density at radius 1 is 0.882 bits per heavy atom. The molecule has 0 spiro atoms. The first-order chi connectivity index (χ1) is 8.16. The SMILES string of the molecule is Fc1cc(C=Cc2ccccc2)c(Cl)cc1Cl. The van der Waals surface area contributed by atoms with Crippen molar-refractivity contribution in [3.05, 3.63) is 69.5 Å². The maximum absolute atomic E-state index is 13.3. The fraction of sp³-hybridized carbons (Fsp3) is 0. The summed E-state index contributed by atoms with van der Waals surface area (Å²) in [5, 5.41) is 0.468. The van der Waals surface area contributed by atoms with Gasteiger partial charge in [-0.3, -0.25) is 0 Å². The van der Waals surface area contributed by atoms with Crippen LogP contribution in [-0.4, -0.2) is 0 Å². The van der Waals surface area contributed by atoms with Crippen molar-refractivity contribution in [1.82, 2.24) is 0 Å². The lowest BCUT2D eigenvalue weighted by atomic mass is 10.1. The van der Waals surface area contributed by atoms with Gasteiger partial charge in [-0.15, -0.1) is 0 Å². The van der Waals surface area contributed by atoms with E-state index in [0.29, 0.717) is 10.6 Å². The summed E-state index contributed by atoms with van der Waals surface area (Å²) in [5.41, 5.74) is 1.64. The third kappa shape index (κ3) is 3.09. The van der Waals surface area contributed by atoms with E-state index < -0.39 is 5.82 Å². The normalized spacial score (nSPS) is 11.0. The standard InChI is InChI=1S/C14H9Cl2F/c15-12-9-13(16)14(17)8-11(12)7-6-10-4-2-1-3-5-10/h1-9H. The number of benzene rings is 2. The molecule has 0 aliphatic rings. The first-order valence-electron chi connectivity index (χ1n) is 5.04. The van der Waals surface area contributed by atoms with Gasteiger partial charge in [0.05, 0.1) is 5.02 Å². The van der Waals surface area contributed by atoms with Gasteiger partial charge in [-0.05, 0) is 23.3 Å². The molecule has 0 aliphatic heterocycles. The monoisotopic (exact) mass is 266 g/mol. The smallest absolute Gasteiger partial charge is 0.142 e. The third-order valence-corrected chi connectivity index (χ3v) is 2.91. The van der Waals surface area contributed by atoms with E-state index in [-0.39, 0.29) is 5.02 Å². The topological polar surface area (TPSA) is 0 Å². The number of rotatable bonds is 2. The van der Waals surface area contributed by atoms with Gasteiger partial charge in [-0.2, -0.15) is 0 Å². The van der Waals surface area contributed by atoms with Gasteiger partial charge in [0, 0.05) is 5.02 Å². The van der Waals surface area contributed by atoms with E-state index in [2.05, 4.69) is 0 Å². The molecule has 0 fully saturated rings. The number of hydrogen-bond donors (Lipinski definition) is 0. The van der Waals surface area contributed by atoms with Crippen molar-refractivity contribution in [3.8, 4) is 0 Å². The van der Waals surface area contributed by atoms with Crippen LogP contribution in [-0.2, 0) is 0 Å². The minimum Gasteiger partial charge on any atom is -0.205 e. The van der Waals surface area contributed by atoms with Crippen LogP contribution in [0.2, 0.25) is 10.0 Å². The maximum Gasteiger partial charge on any atom is 0.142 e. The molecule has 0 heterocycles. The highest BCUT2D eigenvalue weighted by Crippen LogP contribution is 2.25. The van der Waals surface area contributed by atoms with Crippen LogP contribution in [0.15, 0.2) is 42.5 Å². The molecule has 0 amide bonds. The molecule has 17 heavy (non-hydrogen) atoms. The van der Waals surface area contributed by atoms with E-state index in [1.165, 1.54) is 12.1 Å². The van der Waals surface area contributed by atoms with Crippen LogP contribution in [0.3, 0.4) is 0 Å². The van der Waals surface area contributed by atoms with Gasteiger partial charge in [0.1, 0.15) is 5.82 Å². The van der Waals surface area contributed by atoms with Gasteiger partial charge in [-0.1, -0.05) is 65.7 Å². The lowest BCUT2D eigenvalue weighted by Crippen LogP contribution is -1.81. The summed E-state index contributed by atoms with van der Waals surface area (Å²) >= 11 is 11.6. The molecule has 0 atom stereocenters. The molecule has 2 rings (SSSR count). The second-order valence-electron chi connectivity index (χ2n) is 3.53. The Morgan fingerprint density at radius 3 is 2.29 bits per heavy atom. The lowest BCUT2D eigenvalue weighted by molar-refractivity contribution is 0.628. The molecule has 3 heteroatoms. The summed E-state index contributed by atoms with van der Waals surface area (Å²) < 4.78 is 13.3. The van der Waals surface area contributed by atoms with Gasteiger partial charge < -0.3 is 0 Å². The Kier molecular flexibility index (Phi) is 3.82. The molecule has 0 N–H and O–H groups in total. The van der Waals surface area contributed by atoms with E-state index in [0.717, 1.165) is 5.56 Å². The summed E-state index contributed by atoms with van der Waals surface area (Å²) in [5.74, 6) is -0.469. The molecule has 0 saturated carbocycles. The maximum atomic E-state index is 13.3. The van der Waals surface area contributed by atoms with Crippen LogP contribution in [0.4, 0.5) is 4.39 Å². The zero-order valence-electron chi connectivity index (χ0n) is 8.83. The molecule has 0 radical (unpaired) electrons. The van der Waals surface area contributed by atoms with E-state index in [1.807, 2.05) is 36.4 Å². The van der Waals surface area contributed by atoms with E-state index in [9.17, 15) is 4.39 Å². The van der Waals surface area contributed by atoms with Crippen molar-refractivity contribution >= 4 is 35.4 Å². The highest BCUT2D eigenvalue weighted by Gasteiger charge is 2.04. The van der Waals surface area contributed by atoms with E-state index in [4.69, 9.17) is 23.2 Å².